The molecule has 3 rings (SSSR count). The van der Waals surface area contributed by atoms with Crippen LogP contribution in [-0.2, 0) is 19.6 Å². The summed E-state index contributed by atoms with van der Waals surface area (Å²) in [6, 6.07) is 6.82. The van der Waals surface area contributed by atoms with Crippen molar-refractivity contribution < 1.29 is 36.0 Å². The first kappa shape index (κ1) is 20.3. The smallest absolute Gasteiger partial charge is 0.269 e. The maximum atomic E-state index is 13.5. The van der Waals surface area contributed by atoms with Crippen LogP contribution in [0.2, 0.25) is 0 Å². The van der Waals surface area contributed by atoms with E-state index in [2.05, 4.69) is 5.32 Å². The Labute approximate surface area is 162 Å². The summed E-state index contributed by atoms with van der Waals surface area (Å²) in [5, 5.41) is 3.99. The van der Waals surface area contributed by atoms with E-state index in [9.17, 15) is 36.0 Å². The Bertz CT molecular complexity index is 1140. The summed E-state index contributed by atoms with van der Waals surface area (Å²) in [5.74, 6) is -7.67. The number of rotatable bonds is 5. The van der Waals surface area contributed by atoms with Crippen molar-refractivity contribution in [3.05, 3.63) is 59.4 Å². The van der Waals surface area contributed by atoms with Gasteiger partial charge in [-0.15, -0.1) is 0 Å². The van der Waals surface area contributed by atoms with Gasteiger partial charge in [-0.3, -0.25) is 14.4 Å². The van der Waals surface area contributed by atoms with E-state index in [1.54, 1.807) is 0 Å². The molecule has 29 heavy (non-hydrogen) atoms. The number of fused-ring (bicyclic) bond motifs is 1. The van der Waals surface area contributed by atoms with E-state index in [1.165, 1.54) is 24.3 Å². The van der Waals surface area contributed by atoms with Gasteiger partial charge in [-0.25, -0.2) is 25.9 Å². The van der Waals surface area contributed by atoms with Crippen molar-refractivity contribution in [1.82, 2.24) is 9.62 Å². The zero-order chi connectivity index (χ0) is 21.3. The Morgan fingerprint density at radius 1 is 0.966 bits per heavy atom. The highest BCUT2D eigenvalue weighted by atomic mass is 32.2. The SMILES string of the molecule is O=C(CN1C(=O)c2ccccc2S1(=O)=O)NCC(=O)Nc1ccc(F)c(F)c1F. The number of carbonyl (C=O) groups excluding carboxylic acids is 3. The van der Waals surface area contributed by atoms with Crippen molar-refractivity contribution in [3.63, 3.8) is 0 Å². The van der Waals surface area contributed by atoms with Gasteiger partial charge in [0, 0.05) is 0 Å². The van der Waals surface area contributed by atoms with Crippen molar-refractivity contribution in [1.29, 1.82) is 0 Å². The molecule has 0 fully saturated rings. The molecule has 0 aromatic heterocycles. The maximum absolute atomic E-state index is 13.5. The molecule has 152 valence electrons. The van der Waals surface area contributed by atoms with Gasteiger partial charge in [0.1, 0.15) is 11.4 Å². The molecule has 0 unspecified atom stereocenters. The van der Waals surface area contributed by atoms with E-state index in [1.807, 2.05) is 5.32 Å². The molecule has 2 aromatic carbocycles. The van der Waals surface area contributed by atoms with Crippen LogP contribution in [0.15, 0.2) is 41.3 Å². The number of hydrogen-bond donors (Lipinski definition) is 2. The minimum absolute atomic E-state index is 0.0770. The number of amides is 3. The third-order valence-corrected chi connectivity index (χ3v) is 5.74. The second kappa shape index (κ2) is 7.54. The summed E-state index contributed by atoms with van der Waals surface area (Å²) >= 11 is 0. The molecule has 12 heteroatoms. The van der Waals surface area contributed by atoms with Crippen LogP contribution in [0.25, 0.3) is 0 Å². The Morgan fingerprint density at radius 2 is 1.66 bits per heavy atom. The van der Waals surface area contributed by atoms with Crippen molar-refractivity contribution in [2.75, 3.05) is 18.4 Å². The van der Waals surface area contributed by atoms with Gasteiger partial charge in [0.15, 0.2) is 17.5 Å². The highest BCUT2D eigenvalue weighted by molar-refractivity contribution is 7.90. The average Bonchev–Trinajstić information content (AvgIpc) is 2.88. The summed E-state index contributed by atoms with van der Waals surface area (Å²) in [5.41, 5.74) is -0.720. The largest absolute Gasteiger partial charge is 0.345 e. The number of halogens is 3. The molecule has 8 nitrogen and oxygen atoms in total. The van der Waals surface area contributed by atoms with E-state index in [-0.39, 0.29) is 10.5 Å². The molecular formula is C17H12F3N3O5S. The van der Waals surface area contributed by atoms with Gasteiger partial charge in [0.25, 0.3) is 15.9 Å². The standard InChI is InChI=1S/C17H12F3N3O5S/c18-10-5-6-11(16(20)15(10)19)22-13(24)7-21-14(25)8-23-17(26)9-3-1-2-4-12(9)29(23,27)28/h1-6H,7-8H2,(H,21,25)(H,22,24). The van der Waals surface area contributed by atoms with Crippen LogP contribution in [0, 0.1) is 17.5 Å². The highest BCUT2D eigenvalue weighted by Gasteiger charge is 2.41. The summed E-state index contributed by atoms with van der Waals surface area (Å²) in [6.07, 6.45) is 0. The van der Waals surface area contributed by atoms with Crippen LogP contribution < -0.4 is 10.6 Å². The number of sulfonamides is 1. The molecule has 1 aliphatic rings. The lowest BCUT2D eigenvalue weighted by atomic mass is 10.2. The Balaban J connectivity index is 1.60. The van der Waals surface area contributed by atoms with E-state index in [4.69, 9.17) is 0 Å². The summed E-state index contributed by atoms with van der Waals surface area (Å²) in [7, 11) is -4.20. The topological polar surface area (TPSA) is 113 Å². The fraction of sp³-hybridized carbons (Fsp3) is 0.118. The van der Waals surface area contributed by atoms with Crippen molar-refractivity contribution in [3.8, 4) is 0 Å². The number of anilines is 1. The third kappa shape index (κ3) is 3.78. The van der Waals surface area contributed by atoms with Crippen molar-refractivity contribution in [2.24, 2.45) is 0 Å². The van der Waals surface area contributed by atoms with Gasteiger partial charge < -0.3 is 10.6 Å². The fourth-order valence-corrected chi connectivity index (χ4v) is 4.09. The molecule has 0 saturated heterocycles. The monoisotopic (exact) mass is 427 g/mol. The molecule has 0 bridgehead atoms. The van der Waals surface area contributed by atoms with E-state index < -0.39 is 64.0 Å². The normalized spacial score (nSPS) is 14.4. The molecule has 0 radical (unpaired) electrons. The predicted octanol–water partition coefficient (Wildman–Crippen LogP) is 1.00. The van der Waals surface area contributed by atoms with Gasteiger partial charge in [0.05, 0.1) is 17.8 Å². The lowest BCUT2D eigenvalue weighted by molar-refractivity contribution is -0.124. The highest BCUT2D eigenvalue weighted by Crippen LogP contribution is 2.29. The molecule has 0 saturated carbocycles. The van der Waals surface area contributed by atoms with E-state index in [0.29, 0.717) is 10.4 Å². The summed E-state index contributed by atoms with van der Waals surface area (Å²) in [6.45, 7) is -1.60. The number of benzene rings is 2. The number of hydrogen-bond acceptors (Lipinski definition) is 5. The second-order valence-corrected chi connectivity index (χ2v) is 7.69. The maximum Gasteiger partial charge on any atom is 0.269 e. The molecular weight excluding hydrogens is 415 g/mol. The average molecular weight is 427 g/mol. The molecule has 0 spiro atoms. The van der Waals surface area contributed by atoms with Gasteiger partial charge in [-0.05, 0) is 24.3 Å². The van der Waals surface area contributed by atoms with Crippen molar-refractivity contribution in [2.45, 2.75) is 4.90 Å². The Kier molecular flexibility index (Phi) is 5.29. The van der Waals surface area contributed by atoms with Crippen LogP contribution in [0.3, 0.4) is 0 Å². The molecule has 1 aliphatic heterocycles. The van der Waals surface area contributed by atoms with Gasteiger partial charge in [0.2, 0.25) is 11.8 Å². The quantitative estimate of drug-likeness (QED) is 0.692. The molecule has 2 N–H and O–H groups in total. The second-order valence-electron chi connectivity index (χ2n) is 5.86. The van der Waals surface area contributed by atoms with E-state index in [0.717, 1.165) is 6.07 Å². The lowest BCUT2D eigenvalue weighted by Gasteiger charge is -2.14. The molecule has 0 atom stereocenters. The fourth-order valence-electron chi connectivity index (χ4n) is 2.57. The number of nitrogens with one attached hydrogen (secondary N) is 2. The molecule has 0 aliphatic carbocycles. The van der Waals surface area contributed by atoms with Crippen molar-refractivity contribution >= 4 is 33.4 Å². The van der Waals surface area contributed by atoms with Crippen LogP contribution in [-0.4, -0.2) is 43.5 Å². The number of carbonyl (C=O) groups is 3. The first-order valence-electron chi connectivity index (χ1n) is 7.99. The van der Waals surface area contributed by atoms with Gasteiger partial charge >= 0.3 is 0 Å². The Morgan fingerprint density at radius 3 is 2.34 bits per heavy atom. The lowest BCUT2D eigenvalue weighted by Crippen LogP contribution is -2.42. The van der Waals surface area contributed by atoms with Crippen LogP contribution in [0.4, 0.5) is 18.9 Å². The molecule has 2 aromatic rings. The number of nitrogens with zero attached hydrogens (tertiary/aromatic N) is 1. The van der Waals surface area contributed by atoms with E-state index >= 15 is 0 Å². The first-order chi connectivity index (χ1) is 13.6. The third-order valence-electron chi connectivity index (χ3n) is 3.95. The van der Waals surface area contributed by atoms with Crippen LogP contribution in [0.5, 0.6) is 0 Å². The Hall–Kier alpha value is -3.41. The van der Waals surface area contributed by atoms with Crippen LogP contribution >= 0.6 is 0 Å². The minimum Gasteiger partial charge on any atom is -0.345 e. The molecule has 1 heterocycles. The first-order valence-corrected chi connectivity index (χ1v) is 9.43. The van der Waals surface area contributed by atoms with Crippen LogP contribution in [0.1, 0.15) is 10.4 Å². The summed E-state index contributed by atoms with van der Waals surface area (Å²) < 4.78 is 64.6. The predicted molar refractivity (Wildman–Crippen MR) is 92.6 cm³/mol. The summed E-state index contributed by atoms with van der Waals surface area (Å²) in [4.78, 5) is 35.7. The zero-order valence-electron chi connectivity index (χ0n) is 14.4. The zero-order valence-corrected chi connectivity index (χ0v) is 15.2. The van der Waals surface area contributed by atoms with Gasteiger partial charge in [-0.2, -0.15) is 0 Å². The minimum atomic E-state index is -4.20. The molecule has 3 amide bonds. The van der Waals surface area contributed by atoms with Gasteiger partial charge in [-0.1, -0.05) is 12.1 Å².